The van der Waals surface area contributed by atoms with Gasteiger partial charge >= 0.3 is 5.97 Å². The van der Waals surface area contributed by atoms with E-state index < -0.39 is 18.2 Å². The highest BCUT2D eigenvalue weighted by atomic mass is 16.5. The van der Waals surface area contributed by atoms with Crippen LogP contribution in [0.25, 0.3) is 0 Å². The number of rotatable bonds is 44. The standard InChI is InChI=1S/C58H95NO5/c1-4-7-10-13-16-19-21-23-25-27-28-30-32-34-36-39-42-45-48-51-58(63)64-54(49-46-43-40-38-35-33-31-29-26-24-22-20-17-14-11-8-5-2)52-57(62)59-55(53-60)56(61)50-47-44-41-37-18-15-12-9-6-3/h7-8,10-11,16-17,19-20,23-26,28,30-31,33-34,36,38,40,54-56,60-61H,4-6,9,12-15,18,21-22,27,29,32,35,37,39,41-53H2,1-3H3,(H,59,62)/b10-7-,11-8-,19-16-,20-17-,25-23-,26-24-,30-28-,33-31-,36-34-,40-38-. The van der Waals surface area contributed by atoms with Crippen molar-refractivity contribution in [3.63, 3.8) is 0 Å². The van der Waals surface area contributed by atoms with Crippen LogP contribution in [0.3, 0.4) is 0 Å². The summed E-state index contributed by atoms with van der Waals surface area (Å²) in [6, 6.07) is -0.734. The Labute approximate surface area is 393 Å². The van der Waals surface area contributed by atoms with E-state index in [0.29, 0.717) is 19.3 Å². The van der Waals surface area contributed by atoms with Crippen molar-refractivity contribution in [3.05, 3.63) is 122 Å². The second-order valence-electron chi connectivity index (χ2n) is 16.8. The Morgan fingerprint density at radius 3 is 1.30 bits per heavy atom. The van der Waals surface area contributed by atoms with Gasteiger partial charge in [0.2, 0.25) is 5.91 Å². The Kier molecular flexibility index (Phi) is 47.3. The minimum absolute atomic E-state index is 0.0166. The minimum atomic E-state index is -0.815. The molecule has 0 fully saturated rings. The van der Waals surface area contributed by atoms with Crippen LogP contribution in [-0.4, -0.2) is 46.9 Å². The zero-order chi connectivity index (χ0) is 46.7. The van der Waals surface area contributed by atoms with Gasteiger partial charge in [0.25, 0.3) is 0 Å². The maximum absolute atomic E-state index is 13.2. The van der Waals surface area contributed by atoms with Gasteiger partial charge in [-0.2, -0.15) is 0 Å². The number of amides is 1. The van der Waals surface area contributed by atoms with Crippen molar-refractivity contribution >= 4 is 11.9 Å². The highest BCUT2D eigenvalue weighted by molar-refractivity contribution is 5.77. The van der Waals surface area contributed by atoms with E-state index in [4.69, 9.17) is 4.74 Å². The molecular weight excluding hydrogens is 791 g/mol. The van der Waals surface area contributed by atoms with Crippen molar-refractivity contribution < 1.29 is 24.5 Å². The SMILES string of the molecule is CC/C=C\C/C=C\C/C=C\C/C=C\C/C=C\CCCCCC(=O)OC(CCC/C=C\C/C=C\C/C=C\C/C=C\C/C=C\CC)CC(=O)NC(CO)C(O)CCCCCCCCCCC. The van der Waals surface area contributed by atoms with Gasteiger partial charge in [0.1, 0.15) is 6.10 Å². The van der Waals surface area contributed by atoms with Crippen LogP contribution in [-0.2, 0) is 14.3 Å². The maximum atomic E-state index is 13.2. The Balaban J connectivity index is 4.77. The molecule has 0 radical (unpaired) electrons. The second kappa shape index (κ2) is 50.3. The summed E-state index contributed by atoms with van der Waals surface area (Å²) < 4.78 is 5.89. The molecular formula is C58H95NO5. The van der Waals surface area contributed by atoms with Crippen LogP contribution in [0.1, 0.15) is 207 Å². The van der Waals surface area contributed by atoms with Crippen molar-refractivity contribution in [2.45, 2.75) is 225 Å². The average molecular weight is 886 g/mol. The zero-order valence-electron chi connectivity index (χ0n) is 41.1. The average Bonchev–Trinajstić information content (AvgIpc) is 3.29. The predicted molar refractivity (Wildman–Crippen MR) is 277 cm³/mol. The van der Waals surface area contributed by atoms with E-state index in [1.165, 1.54) is 38.5 Å². The quantitative estimate of drug-likeness (QED) is 0.0322. The van der Waals surface area contributed by atoms with Gasteiger partial charge in [-0.25, -0.2) is 0 Å². The molecule has 3 atom stereocenters. The number of aliphatic hydroxyl groups excluding tert-OH is 2. The fourth-order valence-corrected chi connectivity index (χ4v) is 6.96. The first-order valence-electron chi connectivity index (χ1n) is 25.8. The monoisotopic (exact) mass is 886 g/mol. The van der Waals surface area contributed by atoms with E-state index in [-0.39, 0.29) is 24.9 Å². The summed E-state index contributed by atoms with van der Waals surface area (Å²) in [7, 11) is 0. The molecule has 6 heteroatoms. The third-order valence-electron chi connectivity index (χ3n) is 10.8. The highest BCUT2D eigenvalue weighted by Crippen LogP contribution is 2.16. The molecule has 0 rings (SSSR count). The molecule has 0 aromatic carbocycles. The number of allylic oxidation sites excluding steroid dienone is 20. The van der Waals surface area contributed by atoms with Crippen molar-refractivity contribution in [3.8, 4) is 0 Å². The molecule has 0 heterocycles. The number of nitrogens with one attached hydrogen (secondary N) is 1. The van der Waals surface area contributed by atoms with Gasteiger partial charge in [0.05, 0.1) is 25.2 Å². The number of esters is 1. The predicted octanol–water partition coefficient (Wildman–Crippen LogP) is 15.7. The molecule has 64 heavy (non-hydrogen) atoms. The van der Waals surface area contributed by atoms with Gasteiger partial charge < -0.3 is 20.3 Å². The third-order valence-corrected chi connectivity index (χ3v) is 10.8. The summed E-state index contributed by atoms with van der Waals surface area (Å²) in [5, 5.41) is 23.7. The van der Waals surface area contributed by atoms with Gasteiger partial charge in [-0.05, 0) is 109 Å². The highest BCUT2D eigenvalue weighted by Gasteiger charge is 2.24. The summed E-state index contributed by atoms with van der Waals surface area (Å²) in [5.74, 6) is -0.582. The van der Waals surface area contributed by atoms with Gasteiger partial charge in [0.15, 0.2) is 0 Å². The third kappa shape index (κ3) is 44.9. The van der Waals surface area contributed by atoms with E-state index in [2.05, 4.69) is 148 Å². The van der Waals surface area contributed by atoms with E-state index in [1.807, 2.05) is 0 Å². The largest absolute Gasteiger partial charge is 0.462 e. The summed E-state index contributed by atoms with van der Waals surface area (Å²) in [6.07, 6.45) is 69.8. The molecule has 0 bridgehead atoms. The summed E-state index contributed by atoms with van der Waals surface area (Å²) in [4.78, 5) is 26.1. The Bertz CT molecular complexity index is 1360. The molecule has 0 aliphatic carbocycles. The van der Waals surface area contributed by atoms with Crippen molar-refractivity contribution in [1.82, 2.24) is 5.32 Å². The van der Waals surface area contributed by atoms with Crippen molar-refractivity contribution in [1.29, 1.82) is 0 Å². The van der Waals surface area contributed by atoms with E-state index in [9.17, 15) is 19.8 Å². The van der Waals surface area contributed by atoms with Crippen LogP contribution in [0.5, 0.6) is 0 Å². The Morgan fingerprint density at radius 1 is 0.469 bits per heavy atom. The molecule has 0 aromatic heterocycles. The lowest BCUT2D eigenvalue weighted by atomic mass is 10.0. The molecule has 6 nitrogen and oxygen atoms in total. The van der Waals surface area contributed by atoms with E-state index in [0.717, 1.165) is 122 Å². The molecule has 0 saturated heterocycles. The number of carbonyl (C=O) groups excluding carboxylic acids is 2. The smallest absolute Gasteiger partial charge is 0.306 e. The lowest BCUT2D eigenvalue weighted by Gasteiger charge is -2.24. The first kappa shape index (κ1) is 60.3. The van der Waals surface area contributed by atoms with Crippen LogP contribution in [0, 0.1) is 0 Å². The number of carbonyl (C=O) groups is 2. The molecule has 3 unspecified atom stereocenters. The van der Waals surface area contributed by atoms with Crippen LogP contribution >= 0.6 is 0 Å². The van der Waals surface area contributed by atoms with Gasteiger partial charge in [0, 0.05) is 6.42 Å². The summed E-state index contributed by atoms with van der Waals surface area (Å²) in [5.41, 5.74) is 0. The van der Waals surface area contributed by atoms with Crippen molar-refractivity contribution in [2.75, 3.05) is 6.61 Å². The number of unbranched alkanes of at least 4 members (excludes halogenated alkanes) is 12. The van der Waals surface area contributed by atoms with Crippen LogP contribution in [0.4, 0.5) is 0 Å². The van der Waals surface area contributed by atoms with Crippen LogP contribution in [0.2, 0.25) is 0 Å². The first-order chi connectivity index (χ1) is 31.5. The zero-order valence-corrected chi connectivity index (χ0v) is 41.1. The number of hydrogen-bond acceptors (Lipinski definition) is 5. The fourth-order valence-electron chi connectivity index (χ4n) is 6.96. The second-order valence-corrected chi connectivity index (χ2v) is 16.8. The Hall–Kier alpha value is -3.74. The van der Waals surface area contributed by atoms with Gasteiger partial charge in [-0.1, -0.05) is 206 Å². The molecule has 0 aliphatic heterocycles. The summed E-state index contributed by atoms with van der Waals surface area (Å²) >= 11 is 0. The number of ether oxygens (including phenoxy) is 1. The Morgan fingerprint density at radius 2 is 0.859 bits per heavy atom. The number of aliphatic hydroxyl groups is 2. The topological polar surface area (TPSA) is 95.9 Å². The van der Waals surface area contributed by atoms with Gasteiger partial charge in [-0.3, -0.25) is 9.59 Å². The fraction of sp³-hybridized carbons (Fsp3) is 0.621. The lowest BCUT2D eigenvalue weighted by molar-refractivity contribution is -0.151. The molecule has 0 aliphatic rings. The van der Waals surface area contributed by atoms with Crippen LogP contribution < -0.4 is 5.32 Å². The molecule has 3 N–H and O–H groups in total. The van der Waals surface area contributed by atoms with Gasteiger partial charge in [-0.15, -0.1) is 0 Å². The molecule has 1 amide bonds. The number of hydrogen-bond donors (Lipinski definition) is 3. The minimum Gasteiger partial charge on any atom is -0.462 e. The normalized spacial score (nSPS) is 14.3. The molecule has 0 aromatic rings. The molecule has 0 saturated carbocycles. The van der Waals surface area contributed by atoms with E-state index in [1.54, 1.807) is 0 Å². The van der Waals surface area contributed by atoms with E-state index >= 15 is 0 Å². The lowest BCUT2D eigenvalue weighted by Crippen LogP contribution is -2.46. The first-order valence-corrected chi connectivity index (χ1v) is 25.8. The molecule has 0 spiro atoms. The van der Waals surface area contributed by atoms with Crippen molar-refractivity contribution in [2.24, 2.45) is 0 Å². The summed E-state index contributed by atoms with van der Waals surface area (Å²) in [6.45, 7) is 6.20. The van der Waals surface area contributed by atoms with Crippen LogP contribution in [0.15, 0.2) is 122 Å². The molecule has 362 valence electrons. The maximum Gasteiger partial charge on any atom is 0.306 e.